The summed E-state index contributed by atoms with van der Waals surface area (Å²) in [6.45, 7) is 0. The molecular formula is C18H14Cl3FN3OSe. The maximum absolute atomic E-state index is 13.0. The van der Waals surface area contributed by atoms with E-state index in [-0.39, 0.29) is 10.6 Å². The number of halogens is 4. The van der Waals surface area contributed by atoms with Gasteiger partial charge in [-0.15, -0.1) is 0 Å². The third-order valence-electron chi connectivity index (χ3n) is 3.16. The summed E-state index contributed by atoms with van der Waals surface area (Å²) < 4.78 is 11.3. The van der Waals surface area contributed by atoms with E-state index in [2.05, 4.69) is 31.6 Å². The van der Waals surface area contributed by atoms with Gasteiger partial charge in [-0.05, 0) is 0 Å². The minimum absolute atomic E-state index is 0.255. The number of hydrogen-bond acceptors (Lipinski definition) is 2. The van der Waals surface area contributed by atoms with Crippen LogP contribution < -0.4 is 10.6 Å². The first-order chi connectivity index (χ1) is 12.7. The molecule has 0 aliphatic heterocycles. The SMILES string of the molecule is O=C(/C=C/c1ccccc1)NC(N=C([Se])Nc1ccc(F)cc1)C(Cl)(Cl)Cl. The van der Waals surface area contributed by atoms with Crippen LogP contribution in [0.15, 0.2) is 65.7 Å². The zero-order valence-electron chi connectivity index (χ0n) is 13.7. The Morgan fingerprint density at radius 1 is 1.11 bits per heavy atom. The topological polar surface area (TPSA) is 53.5 Å². The van der Waals surface area contributed by atoms with E-state index >= 15 is 0 Å². The van der Waals surface area contributed by atoms with Gasteiger partial charge in [0.2, 0.25) is 0 Å². The summed E-state index contributed by atoms with van der Waals surface area (Å²) in [6, 6.07) is 14.9. The number of amides is 1. The van der Waals surface area contributed by atoms with Crippen LogP contribution in [0.4, 0.5) is 10.1 Å². The summed E-state index contributed by atoms with van der Waals surface area (Å²) in [4.78, 5) is 16.3. The molecule has 1 atom stereocenters. The van der Waals surface area contributed by atoms with Gasteiger partial charge in [-0.1, -0.05) is 0 Å². The van der Waals surface area contributed by atoms with E-state index < -0.39 is 15.9 Å². The van der Waals surface area contributed by atoms with Crippen LogP contribution >= 0.6 is 34.8 Å². The Bertz CT molecular complexity index is 824. The number of nitrogens with zero attached hydrogens (tertiary/aromatic N) is 1. The van der Waals surface area contributed by atoms with Gasteiger partial charge >= 0.3 is 180 Å². The second-order valence-corrected chi connectivity index (χ2v) is 8.44. The van der Waals surface area contributed by atoms with Crippen molar-refractivity contribution in [1.82, 2.24) is 5.32 Å². The predicted octanol–water partition coefficient (Wildman–Crippen LogP) is 4.29. The molecule has 2 rings (SSSR count). The molecule has 2 aromatic rings. The molecule has 2 aromatic carbocycles. The van der Waals surface area contributed by atoms with Gasteiger partial charge in [0.15, 0.2) is 0 Å². The van der Waals surface area contributed by atoms with Crippen molar-refractivity contribution in [1.29, 1.82) is 0 Å². The Kier molecular flexibility index (Phi) is 8.14. The first-order valence-electron chi connectivity index (χ1n) is 7.62. The molecule has 9 heteroatoms. The Morgan fingerprint density at radius 2 is 1.74 bits per heavy atom. The first-order valence-corrected chi connectivity index (χ1v) is 9.61. The number of hydrogen-bond donors (Lipinski definition) is 2. The molecule has 0 saturated carbocycles. The van der Waals surface area contributed by atoms with Gasteiger partial charge < -0.3 is 0 Å². The molecule has 1 radical (unpaired) electrons. The van der Waals surface area contributed by atoms with Crippen molar-refractivity contribution in [3.8, 4) is 0 Å². The molecule has 141 valence electrons. The van der Waals surface area contributed by atoms with E-state index in [1.54, 1.807) is 6.08 Å². The normalized spacial score (nSPS) is 13.4. The number of alkyl halides is 3. The molecular weight excluding hydrogens is 479 g/mol. The first kappa shape index (κ1) is 21.7. The van der Waals surface area contributed by atoms with Crippen LogP contribution in [0.3, 0.4) is 0 Å². The average molecular weight is 493 g/mol. The van der Waals surface area contributed by atoms with E-state index in [0.717, 1.165) is 5.56 Å². The molecule has 0 aromatic heterocycles. The Balaban J connectivity index is 2.06. The van der Waals surface area contributed by atoms with Crippen LogP contribution in [0.1, 0.15) is 5.56 Å². The number of aliphatic imine (C=N–C) groups is 1. The third kappa shape index (κ3) is 7.91. The van der Waals surface area contributed by atoms with E-state index in [1.807, 2.05) is 30.3 Å². The van der Waals surface area contributed by atoms with Crippen LogP contribution in [0, 0.1) is 5.82 Å². The fourth-order valence-corrected chi connectivity index (χ4v) is 2.69. The molecule has 0 bridgehead atoms. The number of carbonyl (C=O) groups is 1. The summed E-state index contributed by atoms with van der Waals surface area (Å²) >= 11 is 20.4. The van der Waals surface area contributed by atoms with Gasteiger partial charge in [0.05, 0.1) is 0 Å². The van der Waals surface area contributed by atoms with Crippen molar-refractivity contribution in [2.45, 2.75) is 9.96 Å². The molecule has 0 fully saturated rings. The number of benzene rings is 2. The number of carbonyl (C=O) groups excluding carboxylic acids is 1. The molecule has 2 N–H and O–H groups in total. The number of anilines is 1. The molecule has 0 heterocycles. The van der Waals surface area contributed by atoms with E-state index in [4.69, 9.17) is 34.8 Å². The van der Waals surface area contributed by atoms with Crippen molar-refractivity contribution in [3.05, 3.63) is 72.1 Å². The summed E-state index contributed by atoms with van der Waals surface area (Å²) in [5, 5.41) is 5.41. The maximum atomic E-state index is 13.0. The second kappa shape index (κ2) is 10.1. The van der Waals surface area contributed by atoms with E-state index in [9.17, 15) is 9.18 Å². The number of amidine groups is 1. The van der Waals surface area contributed by atoms with Crippen LogP contribution in [0.5, 0.6) is 0 Å². The molecule has 1 unspecified atom stereocenters. The third-order valence-corrected chi connectivity index (χ3v) is 4.21. The molecule has 0 saturated heterocycles. The van der Waals surface area contributed by atoms with E-state index in [0.29, 0.717) is 5.69 Å². The Labute approximate surface area is 179 Å². The molecule has 4 nitrogen and oxygen atoms in total. The van der Waals surface area contributed by atoms with Crippen LogP contribution in [-0.4, -0.2) is 36.6 Å². The van der Waals surface area contributed by atoms with Crippen molar-refractivity contribution in [2.24, 2.45) is 4.99 Å². The van der Waals surface area contributed by atoms with Crippen LogP contribution in [0.2, 0.25) is 0 Å². The summed E-state index contributed by atoms with van der Waals surface area (Å²) in [7, 11) is 0. The van der Waals surface area contributed by atoms with Gasteiger partial charge in [0.1, 0.15) is 0 Å². The summed E-state index contributed by atoms with van der Waals surface area (Å²) in [6.07, 6.45) is 1.80. The standard InChI is InChI=1S/C18H14Cl3FN3OSe/c19-18(20,21)16(24-15(26)11-6-12-4-2-1-3-5-12)25-17(27)23-14-9-7-13(22)8-10-14/h1-11,16H,(H,23,25)(H,24,26)/b11-6+. The Hall–Kier alpha value is -1.56. The van der Waals surface area contributed by atoms with Crippen LogP contribution in [0.25, 0.3) is 6.08 Å². The van der Waals surface area contributed by atoms with Gasteiger partial charge in [-0.25, -0.2) is 0 Å². The minimum atomic E-state index is -1.88. The average Bonchev–Trinajstić information content (AvgIpc) is 2.61. The molecule has 27 heavy (non-hydrogen) atoms. The second-order valence-electron chi connectivity index (χ2n) is 5.26. The zero-order chi connectivity index (χ0) is 19.9. The Morgan fingerprint density at radius 3 is 2.33 bits per heavy atom. The van der Waals surface area contributed by atoms with Gasteiger partial charge in [0.25, 0.3) is 0 Å². The fraction of sp³-hybridized carbons (Fsp3) is 0.111. The quantitative estimate of drug-likeness (QED) is 0.215. The van der Waals surface area contributed by atoms with E-state index in [1.165, 1.54) is 30.3 Å². The molecule has 0 spiro atoms. The monoisotopic (exact) mass is 492 g/mol. The molecule has 0 aliphatic carbocycles. The van der Waals surface area contributed by atoms with Crippen molar-refractivity contribution in [3.63, 3.8) is 0 Å². The van der Waals surface area contributed by atoms with Crippen LogP contribution in [-0.2, 0) is 4.79 Å². The van der Waals surface area contributed by atoms with Crippen molar-refractivity contribution in [2.75, 3.05) is 5.32 Å². The summed E-state index contributed by atoms with van der Waals surface area (Å²) in [5.41, 5.74) is 1.43. The number of rotatable bonds is 5. The molecule has 0 aliphatic rings. The summed E-state index contributed by atoms with van der Waals surface area (Å²) in [5.74, 6) is -0.843. The zero-order valence-corrected chi connectivity index (χ0v) is 17.7. The van der Waals surface area contributed by atoms with Crippen molar-refractivity contribution < 1.29 is 9.18 Å². The fourth-order valence-electron chi connectivity index (χ4n) is 1.91. The van der Waals surface area contributed by atoms with Gasteiger partial charge in [-0.3, -0.25) is 0 Å². The van der Waals surface area contributed by atoms with Gasteiger partial charge in [-0.2, -0.15) is 0 Å². The number of nitrogens with one attached hydrogen (secondary N) is 2. The van der Waals surface area contributed by atoms with Gasteiger partial charge in [0, 0.05) is 0 Å². The molecule has 1 amide bonds. The predicted molar refractivity (Wildman–Crippen MR) is 111 cm³/mol. The van der Waals surface area contributed by atoms with Crippen molar-refractivity contribution >= 4 is 73.2 Å².